The number of nitrogens with zero attached hydrogens (tertiary/aromatic N) is 3. The van der Waals surface area contributed by atoms with E-state index in [0.29, 0.717) is 18.9 Å². The number of aryl methyl sites for hydroxylation is 3. The number of fused-ring (bicyclic) bond motifs is 3. The normalized spacial score (nSPS) is 20.6. The van der Waals surface area contributed by atoms with Crippen LogP contribution in [0.3, 0.4) is 0 Å². The molecular formula is C21H29N3O3S3. The summed E-state index contributed by atoms with van der Waals surface area (Å²) in [6.07, 6.45) is 5.12. The van der Waals surface area contributed by atoms with E-state index in [2.05, 4.69) is 23.8 Å². The zero-order valence-corrected chi connectivity index (χ0v) is 20.3. The minimum absolute atomic E-state index is 0.00399. The smallest absolute Gasteiger partial charge is 0.233 e. The Morgan fingerprint density at radius 1 is 1.27 bits per heavy atom. The molecule has 0 bridgehead atoms. The van der Waals surface area contributed by atoms with Gasteiger partial charge in [0.25, 0.3) is 0 Å². The molecule has 1 aliphatic heterocycles. The first-order chi connectivity index (χ1) is 14.2. The van der Waals surface area contributed by atoms with Crippen LogP contribution >= 0.6 is 23.1 Å². The van der Waals surface area contributed by atoms with Crippen LogP contribution in [0.25, 0.3) is 10.2 Å². The summed E-state index contributed by atoms with van der Waals surface area (Å²) in [5, 5.41) is 2.03. The molecule has 1 saturated heterocycles. The molecule has 2 aliphatic rings. The maximum absolute atomic E-state index is 13.2. The highest BCUT2D eigenvalue weighted by Crippen LogP contribution is 2.39. The molecule has 0 aromatic carbocycles. The topological polar surface area (TPSA) is 80.2 Å². The highest BCUT2D eigenvalue weighted by atomic mass is 32.2. The molecular weight excluding hydrogens is 438 g/mol. The zero-order chi connectivity index (χ0) is 21.5. The molecule has 1 atom stereocenters. The molecule has 0 radical (unpaired) electrons. The standard InChI is InChI=1S/C21H29N3O3S3/c1-13(2)10-24(15-8-9-30(26,27)12-15)18(25)11-28-20-19-16-6-4-5-7-17(16)29-21(19)23-14(3)22-20/h13,15H,4-12H2,1-3H3/t15-/m0/s1. The van der Waals surface area contributed by atoms with E-state index in [4.69, 9.17) is 0 Å². The van der Waals surface area contributed by atoms with Crippen molar-refractivity contribution in [1.29, 1.82) is 0 Å². The van der Waals surface area contributed by atoms with E-state index < -0.39 is 9.84 Å². The molecule has 3 heterocycles. The number of hydrogen-bond donors (Lipinski definition) is 0. The molecule has 0 saturated carbocycles. The summed E-state index contributed by atoms with van der Waals surface area (Å²) < 4.78 is 23.9. The molecule has 1 fully saturated rings. The maximum Gasteiger partial charge on any atom is 0.233 e. The Kier molecular flexibility index (Phi) is 6.42. The van der Waals surface area contributed by atoms with Crippen LogP contribution in [0.4, 0.5) is 0 Å². The first kappa shape index (κ1) is 22.0. The number of carbonyl (C=O) groups excluding carboxylic acids is 1. The van der Waals surface area contributed by atoms with Crippen molar-refractivity contribution in [3.8, 4) is 0 Å². The van der Waals surface area contributed by atoms with Gasteiger partial charge in [-0.3, -0.25) is 4.79 Å². The number of hydrogen-bond acceptors (Lipinski definition) is 7. The lowest BCUT2D eigenvalue weighted by molar-refractivity contribution is -0.130. The molecule has 2 aromatic rings. The van der Waals surface area contributed by atoms with Gasteiger partial charge in [-0.25, -0.2) is 18.4 Å². The van der Waals surface area contributed by atoms with Crippen LogP contribution in [-0.2, 0) is 27.5 Å². The van der Waals surface area contributed by atoms with Crippen LogP contribution < -0.4 is 0 Å². The molecule has 1 aliphatic carbocycles. The number of aromatic nitrogens is 2. The van der Waals surface area contributed by atoms with E-state index in [9.17, 15) is 13.2 Å². The molecule has 0 unspecified atom stereocenters. The number of thiophene rings is 1. The molecule has 0 N–H and O–H groups in total. The summed E-state index contributed by atoms with van der Waals surface area (Å²) >= 11 is 3.25. The highest BCUT2D eigenvalue weighted by molar-refractivity contribution is 8.00. The predicted octanol–water partition coefficient (Wildman–Crippen LogP) is 3.64. The van der Waals surface area contributed by atoms with Gasteiger partial charge in [-0.1, -0.05) is 25.6 Å². The van der Waals surface area contributed by atoms with Crippen molar-refractivity contribution in [2.45, 2.75) is 63.9 Å². The quantitative estimate of drug-likeness (QED) is 0.477. The average Bonchev–Trinajstić information content (AvgIpc) is 3.22. The second-order valence-electron chi connectivity index (χ2n) is 8.75. The third kappa shape index (κ3) is 4.67. The highest BCUT2D eigenvalue weighted by Gasteiger charge is 2.35. The van der Waals surface area contributed by atoms with Crippen molar-refractivity contribution in [2.75, 3.05) is 23.8 Å². The van der Waals surface area contributed by atoms with E-state index in [1.165, 1.54) is 35.0 Å². The summed E-state index contributed by atoms with van der Waals surface area (Å²) in [4.78, 5) is 26.8. The number of sulfone groups is 1. The maximum atomic E-state index is 13.2. The molecule has 30 heavy (non-hydrogen) atoms. The van der Waals surface area contributed by atoms with E-state index >= 15 is 0 Å². The lowest BCUT2D eigenvalue weighted by Gasteiger charge is -2.30. The van der Waals surface area contributed by atoms with Gasteiger partial charge in [0, 0.05) is 22.8 Å². The Morgan fingerprint density at radius 3 is 2.73 bits per heavy atom. The van der Waals surface area contributed by atoms with Gasteiger partial charge < -0.3 is 4.90 Å². The Hall–Kier alpha value is -1.19. The number of amides is 1. The summed E-state index contributed by atoms with van der Waals surface area (Å²) in [6, 6.07) is -0.202. The van der Waals surface area contributed by atoms with Crippen LogP contribution in [-0.4, -0.2) is 59.0 Å². The van der Waals surface area contributed by atoms with Crippen molar-refractivity contribution in [3.05, 3.63) is 16.3 Å². The molecule has 1 amide bonds. The van der Waals surface area contributed by atoms with Gasteiger partial charge in [0.1, 0.15) is 15.7 Å². The molecule has 9 heteroatoms. The molecule has 4 rings (SSSR count). The van der Waals surface area contributed by atoms with Crippen LogP contribution in [0.15, 0.2) is 5.03 Å². The van der Waals surface area contributed by atoms with E-state index in [1.54, 1.807) is 16.2 Å². The summed E-state index contributed by atoms with van der Waals surface area (Å²) in [7, 11) is -3.03. The second kappa shape index (κ2) is 8.74. The molecule has 2 aromatic heterocycles. The number of carbonyl (C=O) groups is 1. The fraction of sp³-hybridized carbons (Fsp3) is 0.667. The van der Waals surface area contributed by atoms with Crippen molar-refractivity contribution in [3.63, 3.8) is 0 Å². The largest absolute Gasteiger partial charge is 0.338 e. The fourth-order valence-electron chi connectivity index (χ4n) is 4.41. The van der Waals surface area contributed by atoms with Crippen LogP contribution in [0, 0.1) is 12.8 Å². The monoisotopic (exact) mass is 467 g/mol. The van der Waals surface area contributed by atoms with Gasteiger partial charge in [-0.2, -0.15) is 0 Å². The van der Waals surface area contributed by atoms with Crippen LogP contribution in [0.5, 0.6) is 0 Å². The van der Waals surface area contributed by atoms with Crippen molar-refractivity contribution < 1.29 is 13.2 Å². The molecule has 6 nitrogen and oxygen atoms in total. The second-order valence-corrected chi connectivity index (χ2v) is 13.0. The van der Waals surface area contributed by atoms with E-state index in [1.807, 2.05) is 6.92 Å². The first-order valence-corrected chi connectivity index (χ1v) is 14.3. The van der Waals surface area contributed by atoms with Crippen molar-refractivity contribution >= 4 is 49.1 Å². The van der Waals surface area contributed by atoms with Crippen LogP contribution in [0.2, 0.25) is 0 Å². The summed E-state index contributed by atoms with van der Waals surface area (Å²) in [5.41, 5.74) is 1.37. The van der Waals surface area contributed by atoms with Gasteiger partial charge in [0.15, 0.2) is 9.84 Å². The molecule has 0 spiro atoms. The fourth-order valence-corrected chi connectivity index (χ4v) is 8.50. The third-order valence-electron chi connectivity index (χ3n) is 5.76. The minimum atomic E-state index is -3.03. The minimum Gasteiger partial charge on any atom is -0.338 e. The van der Waals surface area contributed by atoms with Gasteiger partial charge >= 0.3 is 0 Å². The van der Waals surface area contributed by atoms with Crippen molar-refractivity contribution in [2.24, 2.45) is 5.92 Å². The van der Waals surface area contributed by atoms with Crippen molar-refractivity contribution in [1.82, 2.24) is 14.9 Å². The molecule has 164 valence electrons. The summed E-state index contributed by atoms with van der Waals surface area (Å²) in [6.45, 7) is 6.61. The Bertz CT molecular complexity index is 1060. The Morgan fingerprint density at radius 2 is 2.03 bits per heavy atom. The van der Waals surface area contributed by atoms with E-state index in [0.717, 1.165) is 33.9 Å². The van der Waals surface area contributed by atoms with Gasteiger partial charge in [-0.05, 0) is 50.5 Å². The Labute approximate surface area is 186 Å². The van der Waals surface area contributed by atoms with Gasteiger partial charge in [-0.15, -0.1) is 11.3 Å². The summed E-state index contributed by atoms with van der Waals surface area (Å²) in [5.74, 6) is 1.57. The first-order valence-electron chi connectivity index (χ1n) is 10.6. The Balaban J connectivity index is 1.56. The predicted molar refractivity (Wildman–Crippen MR) is 123 cm³/mol. The number of thioether (sulfide) groups is 1. The number of rotatable bonds is 6. The van der Waals surface area contributed by atoms with Crippen LogP contribution in [0.1, 0.15) is 49.4 Å². The van der Waals surface area contributed by atoms with Gasteiger partial charge in [0.05, 0.1) is 17.3 Å². The average molecular weight is 468 g/mol. The van der Waals surface area contributed by atoms with Gasteiger partial charge in [0.2, 0.25) is 5.91 Å². The lowest BCUT2D eigenvalue weighted by Crippen LogP contribution is -2.44. The lowest BCUT2D eigenvalue weighted by atomic mass is 9.97. The third-order valence-corrected chi connectivity index (χ3v) is 9.65. The zero-order valence-electron chi connectivity index (χ0n) is 17.8. The SMILES string of the molecule is Cc1nc(SCC(=O)N(CC(C)C)[C@H]2CCS(=O)(=O)C2)c2c3c(sc2n1)CCCC3. The van der Waals surface area contributed by atoms with E-state index in [-0.39, 0.29) is 29.2 Å².